The highest BCUT2D eigenvalue weighted by Crippen LogP contribution is 2.28. The zero-order valence-electron chi connectivity index (χ0n) is 6.30. The van der Waals surface area contributed by atoms with Crippen molar-refractivity contribution in [3.63, 3.8) is 0 Å². The van der Waals surface area contributed by atoms with E-state index in [0.717, 1.165) is 12.0 Å². The molecule has 12 heavy (non-hydrogen) atoms. The third-order valence-corrected chi connectivity index (χ3v) is 2.25. The maximum absolute atomic E-state index is 11.2. The van der Waals surface area contributed by atoms with Crippen LogP contribution in [-0.4, -0.2) is 10.8 Å². The number of halogens is 1. The highest BCUT2D eigenvalue weighted by atomic mass is 35.5. The van der Waals surface area contributed by atoms with Gasteiger partial charge in [0.1, 0.15) is 11.0 Å². The molecule has 3 nitrogen and oxygen atoms in total. The molecule has 62 valence electrons. The smallest absolute Gasteiger partial charge is 0.166 e. The number of fused-ring (bicyclic) bond motifs is 1. The summed E-state index contributed by atoms with van der Waals surface area (Å²) in [4.78, 5) is 15.1. The molecule has 0 fully saturated rings. The molecule has 1 aliphatic carbocycles. The van der Waals surface area contributed by atoms with Gasteiger partial charge in [-0.15, -0.1) is 0 Å². The molecule has 0 atom stereocenters. The molecular weight excluding hydrogens is 176 g/mol. The molecule has 2 rings (SSSR count). The molecule has 1 aromatic heterocycles. The van der Waals surface area contributed by atoms with E-state index in [1.807, 2.05) is 0 Å². The van der Waals surface area contributed by atoms with E-state index in [-0.39, 0.29) is 10.9 Å². The average molecular weight is 183 g/mol. The fourth-order valence-corrected chi connectivity index (χ4v) is 1.77. The summed E-state index contributed by atoms with van der Waals surface area (Å²) >= 11 is 5.76. The van der Waals surface area contributed by atoms with E-state index in [9.17, 15) is 4.79 Å². The lowest BCUT2D eigenvalue weighted by atomic mass is 10.2. The van der Waals surface area contributed by atoms with E-state index in [2.05, 4.69) is 4.98 Å². The monoisotopic (exact) mass is 182 g/mol. The van der Waals surface area contributed by atoms with Crippen molar-refractivity contribution >= 4 is 23.2 Å². The predicted molar refractivity (Wildman–Crippen MR) is 46.3 cm³/mol. The Bertz CT molecular complexity index is 362. The average Bonchev–Trinajstić information content (AvgIpc) is 2.31. The molecule has 0 aromatic carbocycles. The number of aromatic nitrogens is 1. The number of anilines is 1. The van der Waals surface area contributed by atoms with Gasteiger partial charge in [-0.3, -0.25) is 4.79 Å². The van der Waals surface area contributed by atoms with Crippen LogP contribution in [0.4, 0.5) is 5.82 Å². The first-order valence-electron chi connectivity index (χ1n) is 3.66. The molecule has 0 bridgehead atoms. The summed E-state index contributed by atoms with van der Waals surface area (Å²) in [5.41, 5.74) is 6.96. The topological polar surface area (TPSA) is 56.0 Å². The van der Waals surface area contributed by atoms with Crippen LogP contribution in [0.3, 0.4) is 0 Å². The van der Waals surface area contributed by atoms with Gasteiger partial charge in [-0.25, -0.2) is 4.98 Å². The first-order chi connectivity index (χ1) is 5.68. The van der Waals surface area contributed by atoms with Crippen LogP contribution in [0.15, 0.2) is 6.07 Å². The number of Topliss-reactive ketones (excluding diaryl/α,β-unsaturated/α-hetero) is 1. The standard InChI is InChI=1S/C8H7ClN2O/c9-8-7-4(1-2-5(7)12)3-6(10)11-8/h3H,1-2H2,(H2,10,11). The maximum Gasteiger partial charge on any atom is 0.166 e. The van der Waals surface area contributed by atoms with E-state index >= 15 is 0 Å². The number of carbonyl (C=O) groups is 1. The molecule has 0 saturated heterocycles. The Hall–Kier alpha value is -1.09. The highest BCUT2D eigenvalue weighted by molar-refractivity contribution is 6.33. The summed E-state index contributed by atoms with van der Waals surface area (Å²) in [6.07, 6.45) is 1.26. The summed E-state index contributed by atoms with van der Waals surface area (Å²) in [5, 5.41) is 0.243. The van der Waals surface area contributed by atoms with E-state index in [4.69, 9.17) is 17.3 Å². The first kappa shape index (κ1) is 7.55. The van der Waals surface area contributed by atoms with Crippen molar-refractivity contribution in [1.29, 1.82) is 0 Å². The number of ketones is 1. The van der Waals surface area contributed by atoms with Crippen LogP contribution in [0.25, 0.3) is 0 Å². The van der Waals surface area contributed by atoms with Gasteiger partial charge in [0.25, 0.3) is 0 Å². The summed E-state index contributed by atoms with van der Waals surface area (Å²) in [5.74, 6) is 0.455. The Balaban J connectivity index is 2.68. The number of pyridine rings is 1. The fraction of sp³-hybridized carbons (Fsp3) is 0.250. The van der Waals surface area contributed by atoms with E-state index in [1.165, 1.54) is 0 Å². The minimum Gasteiger partial charge on any atom is -0.384 e. The van der Waals surface area contributed by atoms with Crippen LogP contribution >= 0.6 is 11.6 Å². The number of hydrogen-bond donors (Lipinski definition) is 1. The molecule has 4 heteroatoms. The Morgan fingerprint density at radius 3 is 3.00 bits per heavy atom. The summed E-state index contributed by atoms with van der Waals surface area (Å²) in [7, 11) is 0. The second kappa shape index (κ2) is 2.45. The molecule has 2 N–H and O–H groups in total. The van der Waals surface area contributed by atoms with Gasteiger partial charge in [-0.2, -0.15) is 0 Å². The largest absolute Gasteiger partial charge is 0.384 e. The first-order valence-corrected chi connectivity index (χ1v) is 4.04. The Labute approximate surface area is 74.5 Å². The Kier molecular flexibility index (Phi) is 1.54. The SMILES string of the molecule is Nc1cc2c(c(Cl)n1)C(=O)CC2. The van der Waals surface area contributed by atoms with E-state index < -0.39 is 0 Å². The zero-order valence-corrected chi connectivity index (χ0v) is 7.06. The molecule has 0 aliphatic heterocycles. The van der Waals surface area contributed by atoms with Gasteiger partial charge in [0.2, 0.25) is 0 Å². The minimum atomic E-state index is 0.0718. The maximum atomic E-state index is 11.2. The van der Waals surface area contributed by atoms with Crippen LogP contribution in [0.5, 0.6) is 0 Å². The highest BCUT2D eigenvalue weighted by Gasteiger charge is 2.23. The van der Waals surface area contributed by atoms with Crippen LogP contribution in [-0.2, 0) is 6.42 Å². The molecule has 0 saturated carbocycles. The van der Waals surface area contributed by atoms with E-state index in [1.54, 1.807) is 6.07 Å². The van der Waals surface area contributed by atoms with Crippen LogP contribution in [0.1, 0.15) is 22.3 Å². The Morgan fingerprint density at radius 1 is 1.50 bits per heavy atom. The number of nitrogens with two attached hydrogens (primary N) is 1. The molecule has 0 amide bonds. The summed E-state index contributed by atoms with van der Waals surface area (Å²) in [6, 6.07) is 1.71. The summed E-state index contributed by atoms with van der Waals surface area (Å²) in [6.45, 7) is 0. The summed E-state index contributed by atoms with van der Waals surface area (Å²) < 4.78 is 0. The molecule has 1 aromatic rings. The molecule has 0 radical (unpaired) electrons. The van der Waals surface area contributed by atoms with Crippen LogP contribution < -0.4 is 5.73 Å². The fourth-order valence-electron chi connectivity index (χ4n) is 1.45. The van der Waals surface area contributed by atoms with Crippen molar-refractivity contribution < 1.29 is 4.79 Å². The van der Waals surface area contributed by atoms with Gasteiger partial charge in [-0.05, 0) is 18.1 Å². The van der Waals surface area contributed by atoms with Crippen molar-refractivity contribution in [1.82, 2.24) is 4.98 Å². The van der Waals surface area contributed by atoms with Gasteiger partial charge in [0.05, 0.1) is 5.56 Å². The number of aryl methyl sites for hydroxylation is 1. The third-order valence-electron chi connectivity index (χ3n) is 1.98. The number of rotatable bonds is 0. The zero-order chi connectivity index (χ0) is 8.72. The van der Waals surface area contributed by atoms with Crippen LogP contribution in [0.2, 0.25) is 5.15 Å². The van der Waals surface area contributed by atoms with Crippen molar-refractivity contribution in [2.24, 2.45) is 0 Å². The third kappa shape index (κ3) is 0.975. The second-order valence-corrected chi connectivity index (χ2v) is 3.15. The predicted octanol–water partition coefficient (Wildman–Crippen LogP) is 1.45. The number of carbonyl (C=O) groups excluding carboxylic acids is 1. The lowest BCUT2D eigenvalue weighted by molar-refractivity contribution is 0.0994. The van der Waals surface area contributed by atoms with Crippen molar-refractivity contribution in [3.8, 4) is 0 Å². The number of hydrogen-bond acceptors (Lipinski definition) is 3. The van der Waals surface area contributed by atoms with Gasteiger partial charge >= 0.3 is 0 Å². The molecule has 0 spiro atoms. The molecule has 1 heterocycles. The molecule has 0 unspecified atom stereocenters. The lowest BCUT2D eigenvalue weighted by Crippen LogP contribution is -1.98. The molecule has 1 aliphatic rings. The van der Waals surface area contributed by atoms with Gasteiger partial charge in [-0.1, -0.05) is 11.6 Å². The van der Waals surface area contributed by atoms with Gasteiger partial charge < -0.3 is 5.73 Å². The molecular formula is C8H7ClN2O. The normalized spacial score (nSPS) is 14.9. The van der Waals surface area contributed by atoms with Gasteiger partial charge in [0, 0.05) is 6.42 Å². The Morgan fingerprint density at radius 2 is 2.25 bits per heavy atom. The van der Waals surface area contributed by atoms with E-state index in [0.29, 0.717) is 17.8 Å². The lowest BCUT2D eigenvalue weighted by Gasteiger charge is -2.00. The van der Waals surface area contributed by atoms with Gasteiger partial charge in [0.15, 0.2) is 5.78 Å². The number of nitrogens with zero attached hydrogens (tertiary/aromatic N) is 1. The minimum absolute atomic E-state index is 0.0718. The second-order valence-electron chi connectivity index (χ2n) is 2.80. The van der Waals surface area contributed by atoms with Crippen molar-refractivity contribution in [2.75, 3.05) is 5.73 Å². The number of nitrogen functional groups attached to an aromatic ring is 1. The van der Waals surface area contributed by atoms with Crippen LogP contribution in [0, 0.1) is 0 Å². The quantitative estimate of drug-likeness (QED) is 0.618. The van der Waals surface area contributed by atoms with Crippen molar-refractivity contribution in [2.45, 2.75) is 12.8 Å². The van der Waals surface area contributed by atoms with Crippen molar-refractivity contribution in [3.05, 3.63) is 22.3 Å².